The molecule has 0 atom stereocenters. The van der Waals surface area contributed by atoms with Gasteiger partial charge < -0.3 is 0 Å². The molecule has 0 unspecified atom stereocenters. The van der Waals surface area contributed by atoms with Gasteiger partial charge in [0, 0.05) is 30.1 Å². The van der Waals surface area contributed by atoms with Gasteiger partial charge in [0.2, 0.25) is 0 Å². The molecule has 66 valence electrons. The minimum absolute atomic E-state index is 0.367. The predicted octanol–water partition coefficient (Wildman–Crippen LogP) is 2.48. The zero-order chi connectivity index (χ0) is 8.32. The van der Waals surface area contributed by atoms with Crippen LogP contribution >= 0.6 is 21.6 Å². The van der Waals surface area contributed by atoms with Gasteiger partial charge in [-0.15, -0.1) is 0 Å². The summed E-state index contributed by atoms with van der Waals surface area (Å²) in [7, 11) is 4.02. The summed E-state index contributed by atoms with van der Waals surface area (Å²) in [4.78, 5) is 2.57. The monoisotopic (exact) mass is 191 g/mol. The second-order valence-electron chi connectivity index (χ2n) is 3.80. The molecule has 1 nitrogen and oxygen atoms in total. The van der Waals surface area contributed by atoms with Crippen LogP contribution in [0.4, 0.5) is 0 Å². The Labute approximate surface area is 77.7 Å². The third-order valence-corrected chi connectivity index (χ3v) is 4.29. The fourth-order valence-corrected chi connectivity index (χ4v) is 3.18. The molecule has 1 rings (SSSR count). The fraction of sp³-hybridized carbons (Fsp3) is 1.00. The van der Waals surface area contributed by atoms with Crippen molar-refractivity contribution in [2.75, 3.05) is 24.6 Å². The van der Waals surface area contributed by atoms with Gasteiger partial charge in [-0.2, -0.15) is 0 Å². The van der Waals surface area contributed by atoms with Gasteiger partial charge in [-0.05, 0) is 20.8 Å². The quantitative estimate of drug-likeness (QED) is 0.542. The topological polar surface area (TPSA) is 3.24 Å². The van der Waals surface area contributed by atoms with E-state index < -0.39 is 0 Å². The second kappa shape index (κ2) is 4.06. The Morgan fingerprint density at radius 3 is 1.82 bits per heavy atom. The molecular formula is C8H17NS2. The van der Waals surface area contributed by atoms with E-state index in [0.717, 1.165) is 0 Å². The first kappa shape index (κ1) is 9.75. The maximum atomic E-state index is 2.57. The summed E-state index contributed by atoms with van der Waals surface area (Å²) in [5.41, 5.74) is 0.367. The first-order valence-corrected chi connectivity index (χ1v) is 6.59. The molecule has 0 amide bonds. The molecule has 0 saturated carbocycles. The van der Waals surface area contributed by atoms with Crippen molar-refractivity contribution >= 4 is 21.6 Å². The van der Waals surface area contributed by atoms with Crippen LogP contribution in [-0.4, -0.2) is 35.0 Å². The molecule has 1 saturated heterocycles. The normalized spacial score (nSPS) is 23.2. The van der Waals surface area contributed by atoms with E-state index in [1.165, 1.54) is 24.6 Å². The Balaban J connectivity index is 2.43. The van der Waals surface area contributed by atoms with E-state index >= 15 is 0 Å². The van der Waals surface area contributed by atoms with Crippen molar-refractivity contribution in [1.82, 2.24) is 4.90 Å². The van der Waals surface area contributed by atoms with E-state index in [0.29, 0.717) is 5.54 Å². The van der Waals surface area contributed by atoms with Gasteiger partial charge in [-0.1, -0.05) is 21.6 Å². The Hall–Kier alpha value is 0.660. The predicted molar refractivity (Wildman–Crippen MR) is 56.2 cm³/mol. The summed E-state index contributed by atoms with van der Waals surface area (Å²) in [5, 5.41) is 0. The number of rotatable bonds is 0. The second-order valence-corrected chi connectivity index (χ2v) is 6.50. The third-order valence-electron chi connectivity index (χ3n) is 1.92. The largest absolute Gasteiger partial charge is 0.297 e. The molecule has 0 radical (unpaired) electrons. The Morgan fingerprint density at radius 2 is 1.45 bits per heavy atom. The minimum atomic E-state index is 0.367. The molecule has 1 fully saturated rings. The first-order valence-electron chi connectivity index (χ1n) is 4.10. The molecule has 1 aliphatic rings. The lowest BCUT2D eigenvalue weighted by Gasteiger charge is -2.34. The van der Waals surface area contributed by atoms with Crippen molar-refractivity contribution in [3.63, 3.8) is 0 Å². The van der Waals surface area contributed by atoms with Gasteiger partial charge in [0.25, 0.3) is 0 Å². The highest BCUT2D eigenvalue weighted by Gasteiger charge is 2.21. The molecule has 3 heteroatoms. The standard InChI is InChI=1S/C8H17NS2/c1-8(2,3)9-4-6-10-11-7-5-9/h4-7H2,1-3H3. The van der Waals surface area contributed by atoms with Crippen molar-refractivity contribution in [3.05, 3.63) is 0 Å². The lowest BCUT2D eigenvalue weighted by atomic mass is 10.1. The molecule has 1 heterocycles. The average Bonchev–Trinajstić information content (AvgIpc) is 2.10. The summed E-state index contributed by atoms with van der Waals surface area (Å²) in [6.45, 7) is 9.40. The summed E-state index contributed by atoms with van der Waals surface area (Å²) in [6, 6.07) is 0. The van der Waals surface area contributed by atoms with Crippen molar-refractivity contribution in [1.29, 1.82) is 0 Å². The maximum absolute atomic E-state index is 2.57. The van der Waals surface area contributed by atoms with Crippen LogP contribution in [0.2, 0.25) is 0 Å². The van der Waals surface area contributed by atoms with E-state index in [9.17, 15) is 0 Å². The lowest BCUT2D eigenvalue weighted by molar-refractivity contribution is 0.157. The number of hydrogen-bond donors (Lipinski definition) is 0. The molecule has 1 aliphatic heterocycles. The summed E-state index contributed by atoms with van der Waals surface area (Å²) >= 11 is 0. The molecule has 0 bridgehead atoms. The van der Waals surface area contributed by atoms with Crippen LogP contribution in [0, 0.1) is 0 Å². The molecular weight excluding hydrogens is 174 g/mol. The Morgan fingerprint density at radius 1 is 1.00 bits per heavy atom. The fourth-order valence-electron chi connectivity index (χ4n) is 1.20. The average molecular weight is 191 g/mol. The van der Waals surface area contributed by atoms with Gasteiger partial charge >= 0.3 is 0 Å². The van der Waals surface area contributed by atoms with E-state index in [1.54, 1.807) is 0 Å². The summed E-state index contributed by atoms with van der Waals surface area (Å²) in [6.07, 6.45) is 0. The van der Waals surface area contributed by atoms with Crippen LogP contribution in [0.5, 0.6) is 0 Å². The zero-order valence-electron chi connectivity index (χ0n) is 7.59. The summed E-state index contributed by atoms with van der Waals surface area (Å²) < 4.78 is 0. The minimum Gasteiger partial charge on any atom is -0.297 e. The van der Waals surface area contributed by atoms with Crippen LogP contribution in [0.1, 0.15) is 20.8 Å². The highest BCUT2D eigenvalue weighted by atomic mass is 33.1. The van der Waals surface area contributed by atoms with Gasteiger partial charge in [0.05, 0.1) is 0 Å². The first-order chi connectivity index (χ1) is 5.11. The molecule has 0 aromatic rings. The lowest BCUT2D eigenvalue weighted by Crippen LogP contribution is -2.43. The van der Waals surface area contributed by atoms with Gasteiger partial charge in [0.1, 0.15) is 0 Å². The van der Waals surface area contributed by atoms with Crippen LogP contribution < -0.4 is 0 Å². The third kappa shape index (κ3) is 3.26. The van der Waals surface area contributed by atoms with E-state index in [4.69, 9.17) is 0 Å². The van der Waals surface area contributed by atoms with Crippen LogP contribution in [0.25, 0.3) is 0 Å². The maximum Gasteiger partial charge on any atom is 0.0165 e. The van der Waals surface area contributed by atoms with Gasteiger partial charge in [0.15, 0.2) is 0 Å². The highest BCUT2D eigenvalue weighted by molar-refractivity contribution is 8.76. The van der Waals surface area contributed by atoms with Crippen LogP contribution in [0.3, 0.4) is 0 Å². The van der Waals surface area contributed by atoms with Crippen LogP contribution in [-0.2, 0) is 0 Å². The summed E-state index contributed by atoms with van der Waals surface area (Å²) in [5.74, 6) is 2.56. The van der Waals surface area contributed by atoms with E-state index in [1.807, 2.05) is 21.6 Å². The number of nitrogens with zero attached hydrogens (tertiary/aromatic N) is 1. The SMILES string of the molecule is CC(C)(C)N1CCSSCC1. The van der Waals surface area contributed by atoms with E-state index in [2.05, 4.69) is 25.7 Å². The molecule has 0 aromatic heterocycles. The Bertz CT molecular complexity index is 112. The zero-order valence-corrected chi connectivity index (χ0v) is 9.23. The van der Waals surface area contributed by atoms with Gasteiger partial charge in [-0.3, -0.25) is 4.90 Å². The van der Waals surface area contributed by atoms with Crippen molar-refractivity contribution < 1.29 is 0 Å². The van der Waals surface area contributed by atoms with Crippen molar-refractivity contribution in [3.8, 4) is 0 Å². The molecule has 0 aliphatic carbocycles. The Kier molecular flexibility index (Phi) is 3.59. The number of hydrogen-bond acceptors (Lipinski definition) is 3. The van der Waals surface area contributed by atoms with Crippen molar-refractivity contribution in [2.24, 2.45) is 0 Å². The van der Waals surface area contributed by atoms with Crippen LogP contribution in [0.15, 0.2) is 0 Å². The molecule has 11 heavy (non-hydrogen) atoms. The molecule has 0 aromatic carbocycles. The van der Waals surface area contributed by atoms with Gasteiger partial charge in [-0.25, -0.2) is 0 Å². The van der Waals surface area contributed by atoms with Crippen molar-refractivity contribution in [2.45, 2.75) is 26.3 Å². The smallest absolute Gasteiger partial charge is 0.0165 e. The molecule has 0 N–H and O–H groups in total. The molecule has 0 spiro atoms. The highest BCUT2D eigenvalue weighted by Crippen LogP contribution is 2.26. The van der Waals surface area contributed by atoms with E-state index in [-0.39, 0.29) is 0 Å².